The summed E-state index contributed by atoms with van der Waals surface area (Å²) in [7, 11) is 1.63. The number of ether oxygens (including phenoxy) is 2. The van der Waals surface area contributed by atoms with Crippen molar-refractivity contribution in [2.75, 3.05) is 20.3 Å². The highest BCUT2D eigenvalue weighted by atomic mass is 16.5. The summed E-state index contributed by atoms with van der Waals surface area (Å²) in [5.41, 5.74) is 4.70. The topological polar surface area (TPSA) is 47.6 Å². The quantitative estimate of drug-likeness (QED) is 0.326. The standard InChI is InChI=1S/C26H27NO3/c1-19-8-7-11-25(20(19)2)30-17-16-27-26(28)24(22-9-5-4-6-10-22)18-21-12-14-23(29-3)15-13-21/h4-15,18H,16-17H2,1-3H3,(H,27,28)/b24-18+. The van der Waals surface area contributed by atoms with Gasteiger partial charge >= 0.3 is 0 Å². The summed E-state index contributed by atoms with van der Waals surface area (Å²) < 4.78 is 11.1. The van der Waals surface area contributed by atoms with E-state index in [1.807, 2.05) is 79.7 Å². The summed E-state index contributed by atoms with van der Waals surface area (Å²) in [4.78, 5) is 12.9. The molecule has 1 N–H and O–H groups in total. The van der Waals surface area contributed by atoms with E-state index in [9.17, 15) is 4.79 Å². The Balaban J connectivity index is 1.69. The van der Waals surface area contributed by atoms with Gasteiger partial charge in [-0.25, -0.2) is 0 Å². The van der Waals surface area contributed by atoms with Crippen LogP contribution in [-0.4, -0.2) is 26.2 Å². The number of carbonyl (C=O) groups is 1. The van der Waals surface area contributed by atoms with E-state index in [2.05, 4.69) is 18.3 Å². The van der Waals surface area contributed by atoms with E-state index in [1.165, 1.54) is 5.56 Å². The summed E-state index contributed by atoms with van der Waals surface area (Å²) in [6.45, 7) is 4.91. The number of rotatable bonds is 8. The van der Waals surface area contributed by atoms with Gasteiger partial charge in [0.1, 0.15) is 18.1 Å². The number of aryl methyl sites for hydroxylation is 1. The smallest absolute Gasteiger partial charge is 0.252 e. The molecule has 0 aliphatic rings. The molecule has 0 aliphatic heterocycles. The lowest BCUT2D eigenvalue weighted by Crippen LogP contribution is -2.29. The van der Waals surface area contributed by atoms with Crippen LogP contribution in [-0.2, 0) is 4.79 Å². The molecule has 0 bridgehead atoms. The molecule has 0 radical (unpaired) electrons. The molecule has 0 saturated heterocycles. The van der Waals surface area contributed by atoms with Crippen LogP contribution in [0.2, 0.25) is 0 Å². The van der Waals surface area contributed by atoms with Crippen molar-refractivity contribution in [1.82, 2.24) is 5.32 Å². The van der Waals surface area contributed by atoms with Crippen molar-refractivity contribution < 1.29 is 14.3 Å². The lowest BCUT2D eigenvalue weighted by atomic mass is 10.0. The first-order valence-corrected chi connectivity index (χ1v) is 9.97. The third-order valence-electron chi connectivity index (χ3n) is 4.96. The predicted molar refractivity (Wildman–Crippen MR) is 122 cm³/mol. The maximum absolute atomic E-state index is 12.9. The minimum atomic E-state index is -0.137. The predicted octanol–water partition coefficient (Wildman–Crippen LogP) is 5.05. The monoisotopic (exact) mass is 401 g/mol. The van der Waals surface area contributed by atoms with Gasteiger partial charge in [-0.05, 0) is 60.4 Å². The maximum atomic E-state index is 12.9. The molecule has 3 aromatic rings. The van der Waals surface area contributed by atoms with Crippen LogP contribution >= 0.6 is 0 Å². The molecule has 0 aliphatic carbocycles. The summed E-state index contributed by atoms with van der Waals surface area (Å²) in [5, 5.41) is 2.97. The van der Waals surface area contributed by atoms with Crippen molar-refractivity contribution in [1.29, 1.82) is 0 Å². The van der Waals surface area contributed by atoms with E-state index in [1.54, 1.807) is 7.11 Å². The molecule has 0 saturated carbocycles. The Labute approximate surface area is 178 Å². The van der Waals surface area contributed by atoms with E-state index in [4.69, 9.17) is 9.47 Å². The first-order valence-electron chi connectivity index (χ1n) is 9.97. The van der Waals surface area contributed by atoms with Crippen LogP contribution in [0.15, 0.2) is 72.8 Å². The zero-order valence-electron chi connectivity index (χ0n) is 17.6. The highest BCUT2D eigenvalue weighted by molar-refractivity contribution is 6.24. The Hall–Kier alpha value is -3.53. The van der Waals surface area contributed by atoms with Gasteiger partial charge < -0.3 is 14.8 Å². The van der Waals surface area contributed by atoms with Crippen LogP contribution in [0.1, 0.15) is 22.3 Å². The molecule has 154 valence electrons. The number of hydrogen-bond acceptors (Lipinski definition) is 3. The Kier molecular flexibility index (Phi) is 7.28. The van der Waals surface area contributed by atoms with Crippen molar-refractivity contribution in [3.05, 3.63) is 95.1 Å². The molecule has 0 atom stereocenters. The van der Waals surface area contributed by atoms with Gasteiger partial charge in [0.25, 0.3) is 5.91 Å². The molecule has 0 heterocycles. The lowest BCUT2D eigenvalue weighted by Gasteiger charge is -2.13. The Morgan fingerprint density at radius 1 is 0.933 bits per heavy atom. The van der Waals surface area contributed by atoms with Gasteiger partial charge in [-0.3, -0.25) is 4.79 Å². The summed E-state index contributed by atoms with van der Waals surface area (Å²) in [6, 6.07) is 23.2. The molecule has 3 rings (SSSR count). The number of amides is 1. The van der Waals surface area contributed by atoms with Gasteiger partial charge in [-0.1, -0.05) is 54.6 Å². The average molecular weight is 402 g/mol. The van der Waals surface area contributed by atoms with Crippen molar-refractivity contribution in [3.63, 3.8) is 0 Å². The molecular weight excluding hydrogens is 374 g/mol. The summed E-state index contributed by atoms with van der Waals surface area (Å²) in [5.74, 6) is 1.49. The van der Waals surface area contributed by atoms with Gasteiger partial charge in [0.2, 0.25) is 0 Å². The summed E-state index contributed by atoms with van der Waals surface area (Å²) >= 11 is 0. The fourth-order valence-corrected chi connectivity index (χ4v) is 3.07. The number of carbonyl (C=O) groups excluding carboxylic acids is 1. The second kappa shape index (κ2) is 10.3. The van der Waals surface area contributed by atoms with Crippen LogP contribution in [0.3, 0.4) is 0 Å². The Morgan fingerprint density at radius 3 is 2.37 bits per heavy atom. The van der Waals surface area contributed by atoms with Crippen LogP contribution in [0, 0.1) is 13.8 Å². The van der Waals surface area contributed by atoms with Crippen molar-refractivity contribution in [2.24, 2.45) is 0 Å². The Morgan fingerprint density at radius 2 is 1.67 bits per heavy atom. The van der Waals surface area contributed by atoms with E-state index in [0.29, 0.717) is 18.7 Å². The summed E-state index contributed by atoms with van der Waals surface area (Å²) in [6.07, 6.45) is 1.88. The molecule has 30 heavy (non-hydrogen) atoms. The van der Waals surface area contributed by atoms with Gasteiger partial charge in [-0.2, -0.15) is 0 Å². The zero-order valence-corrected chi connectivity index (χ0v) is 17.6. The minimum absolute atomic E-state index is 0.137. The van der Waals surface area contributed by atoms with Crippen LogP contribution in [0.25, 0.3) is 11.6 Å². The van der Waals surface area contributed by atoms with Gasteiger partial charge in [-0.15, -0.1) is 0 Å². The highest BCUT2D eigenvalue weighted by Crippen LogP contribution is 2.21. The third kappa shape index (κ3) is 5.51. The molecular formula is C26H27NO3. The number of nitrogens with one attached hydrogen (secondary N) is 1. The Bertz CT molecular complexity index is 1010. The minimum Gasteiger partial charge on any atom is -0.497 e. The molecule has 0 spiro atoms. The van der Waals surface area contributed by atoms with E-state index in [0.717, 1.165) is 28.2 Å². The molecule has 0 unspecified atom stereocenters. The first kappa shape index (κ1) is 21.2. The molecule has 4 nitrogen and oxygen atoms in total. The third-order valence-corrected chi connectivity index (χ3v) is 4.96. The molecule has 0 fully saturated rings. The fraction of sp³-hybridized carbons (Fsp3) is 0.192. The normalized spacial score (nSPS) is 11.1. The van der Waals surface area contributed by atoms with Gasteiger partial charge in [0, 0.05) is 5.57 Å². The molecule has 0 aromatic heterocycles. The molecule has 3 aromatic carbocycles. The van der Waals surface area contributed by atoms with Crippen molar-refractivity contribution in [2.45, 2.75) is 13.8 Å². The second-order valence-corrected chi connectivity index (χ2v) is 7.00. The zero-order chi connectivity index (χ0) is 21.3. The number of methoxy groups -OCH3 is 1. The lowest BCUT2D eigenvalue weighted by molar-refractivity contribution is -0.115. The van der Waals surface area contributed by atoms with E-state index in [-0.39, 0.29) is 5.91 Å². The van der Waals surface area contributed by atoms with E-state index < -0.39 is 0 Å². The number of hydrogen-bond donors (Lipinski definition) is 1. The average Bonchev–Trinajstić information content (AvgIpc) is 2.78. The first-order chi connectivity index (χ1) is 14.6. The molecule has 4 heteroatoms. The van der Waals surface area contributed by atoms with Crippen LogP contribution < -0.4 is 14.8 Å². The van der Waals surface area contributed by atoms with Gasteiger partial charge in [0.15, 0.2) is 0 Å². The van der Waals surface area contributed by atoms with Crippen LogP contribution in [0.5, 0.6) is 11.5 Å². The van der Waals surface area contributed by atoms with Crippen molar-refractivity contribution >= 4 is 17.6 Å². The fourth-order valence-electron chi connectivity index (χ4n) is 3.07. The second-order valence-electron chi connectivity index (χ2n) is 7.00. The number of benzene rings is 3. The largest absolute Gasteiger partial charge is 0.497 e. The van der Waals surface area contributed by atoms with Crippen molar-refractivity contribution in [3.8, 4) is 11.5 Å². The maximum Gasteiger partial charge on any atom is 0.252 e. The van der Waals surface area contributed by atoms with E-state index >= 15 is 0 Å². The molecule has 1 amide bonds. The highest BCUT2D eigenvalue weighted by Gasteiger charge is 2.12. The van der Waals surface area contributed by atoms with Crippen LogP contribution in [0.4, 0.5) is 0 Å². The van der Waals surface area contributed by atoms with Gasteiger partial charge in [0.05, 0.1) is 13.7 Å². The SMILES string of the molecule is COc1ccc(/C=C(/C(=O)NCCOc2cccc(C)c2C)c2ccccc2)cc1.